The van der Waals surface area contributed by atoms with Gasteiger partial charge in [0.15, 0.2) is 0 Å². The standard InChI is InChI=1S/C16H13N3O4/c1-3-4-15(20)18-12-5-7-13(8-6-12)23-16-14(19(21)22)9-11(2)10-17-16/h5-10H,1-2H3,(H,18,20). The molecule has 0 bridgehead atoms. The molecular weight excluding hydrogens is 298 g/mol. The number of aryl methyl sites for hydroxylation is 1. The van der Waals surface area contributed by atoms with Crippen LogP contribution in [0.5, 0.6) is 11.6 Å². The topological polar surface area (TPSA) is 94.4 Å². The fourth-order valence-electron chi connectivity index (χ4n) is 1.74. The molecule has 1 N–H and O–H groups in total. The number of amides is 1. The van der Waals surface area contributed by atoms with Crippen LogP contribution in [0.4, 0.5) is 11.4 Å². The lowest BCUT2D eigenvalue weighted by Crippen LogP contribution is -2.08. The molecule has 0 saturated heterocycles. The molecule has 23 heavy (non-hydrogen) atoms. The van der Waals surface area contributed by atoms with Crippen molar-refractivity contribution in [1.29, 1.82) is 0 Å². The smallest absolute Gasteiger partial charge is 0.331 e. The molecule has 1 amide bonds. The van der Waals surface area contributed by atoms with E-state index < -0.39 is 10.8 Å². The summed E-state index contributed by atoms with van der Waals surface area (Å²) in [4.78, 5) is 25.8. The number of ether oxygens (including phenoxy) is 1. The Morgan fingerprint density at radius 2 is 2.04 bits per heavy atom. The molecule has 0 saturated carbocycles. The highest BCUT2D eigenvalue weighted by Gasteiger charge is 2.17. The Labute approximate surface area is 132 Å². The first-order valence-electron chi connectivity index (χ1n) is 6.62. The van der Waals surface area contributed by atoms with Crippen LogP contribution in [0, 0.1) is 28.9 Å². The number of carbonyl (C=O) groups excluding carboxylic acids is 1. The summed E-state index contributed by atoms with van der Waals surface area (Å²) >= 11 is 0. The average molecular weight is 311 g/mol. The zero-order chi connectivity index (χ0) is 16.8. The highest BCUT2D eigenvalue weighted by molar-refractivity contribution is 6.03. The van der Waals surface area contributed by atoms with Gasteiger partial charge < -0.3 is 10.1 Å². The van der Waals surface area contributed by atoms with E-state index in [0.29, 0.717) is 17.0 Å². The number of anilines is 1. The number of rotatable bonds is 4. The molecular formula is C16H13N3O4. The minimum Gasteiger partial charge on any atom is -0.434 e. The summed E-state index contributed by atoms with van der Waals surface area (Å²) in [7, 11) is 0. The number of pyridine rings is 1. The molecule has 1 aromatic carbocycles. The van der Waals surface area contributed by atoms with Gasteiger partial charge in [0.05, 0.1) is 4.92 Å². The van der Waals surface area contributed by atoms with Gasteiger partial charge in [-0.1, -0.05) is 5.92 Å². The Morgan fingerprint density at radius 1 is 1.35 bits per heavy atom. The van der Waals surface area contributed by atoms with Gasteiger partial charge in [-0.3, -0.25) is 14.9 Å². The molecule has 0 aliphatic carbocycles. The number of hydrogen-bond donors (Lipinski definition) is 1. The van der Waals surface area contributed by atoms with Crippen molar-refractivity contribution < 1.29 is 14.5 Å². The molecule has 116 valence electrons. The van der Waals surface area contributed by atoms with Crippen LogP contribution in [0.15, 0.2) is 36.5 Å². The maximum absolute atomic E-state index is 11.3. The van der Waals surface area contributed by atoms with Crippen molar-refractivity contribution >= 4 is 17.3 Å². The number of benzene rings is 1. The molecule has 7 nitrogen and oxygen atoms in total. The number of nitrogens with one attached hydrogen (secondary N) is 1. The van der Waals surface area contributed by atoms with Crippen LogP contribution >= 0.6 is 0 Å². The maximum atomic E-state index is 11.3. The van der Waals surface area contributed by atoms with Crippen molar-refractivity contribution in [3.05, 3.63) is 52.2 Å². The summed E-state index contributed by atoms with van der Waals surface area (Å²) in [6.07, 6.45) is 1.49. The summed E-state index contributed by atoms with van der Waals surface area (Å²) in [6, 6.07) is 7.73. The van der Waals surface area contributed by atoms with E-state index >= 15 is 0 Å². The molecule has 1 aromatic heterocycles. The van der Waals surface area contributed by atoms with E-state index in [9.17, 15) is 14.9 Å². The highest BCUT2D eigenvalue weighted by atomic mass is 16.6. The lowest BCUT2D eigenvalue weighted by Gasteiger charge is -2.07. The number of nitrogens with zero attached hydrogens (tertiary/aromatic N) is 2. The van der Waals surface area contributed by atoms with Gasteiger partial charge >= 0.3 is 5.69 Å². The van der Waals surface area contributed by atoms with Crippen molar-refractivity contribution in [1.82, 2.24) is 4.98 Å². The zero-order valence-corrected chi connectivity index (χ0v) is 12.5. The van der Waals surface area contributed by atoms with E-state index in [2.05, 4.69) is 22.1 Å². The van der Waals surface area contributed by atoms with Crippen molar-refractivity contribution in [2.24, 2.45) is 0 Å². The normalized spacial score (nSPS) is 9.48. The van der Waals surface area contributed by atoms with Crippen molar-refractivity contribution in [3.63, 3.8) is 0 Å². The monoisotopic (exact) mass is 311 g/mol. The van der Waals surface area contributed by atoms with Crippen molar-refractivity contribution in [2.75, 3.05) is 5.32 Å². The van der Waals surface area contributed by atoms with Crippen LogP contribution in [0.25, 0.3) is 0 Å². The molecule has 0 aliphatic heterocycles. The number of carbonyl (C=O) groups is 1. The van der Waals surface area contributed by atoms with Crippen LogP contribution in [-0.2, 0) is 4.79 Å². The molecule has 0 spiro atoms. The van der Waals surface area contributed by atoms with E-state index in [4.69, 9.17) is 4.74 Å². The fourth-order valence-corrected chi connectivity index (χ4v) is 1.74. The minimum atomic E-state index is -0.548. The van der Waals surface area contributed by atoms with Gasteiger partial charge in [0.2, 0.25) is 0 Å². The van der Waals surface area contributed by atoms with Gasteiger partial charge in [-0.2, -0.15) is 0 Å². The zero-order valence-electron chi connectivity index (χ0n) is 12.5. The second kappa shape index (κ2) is 7.04. The third-order valence-electron chi connectivity index (χ3n) is 2.73. The molecule has 2 aromatic rings. The van der Waals surface area contributed by atoms with Crippen LogP contribution in [0.3, 0.4) is 0 Å². The Hall–Kier alpha value is -3.40. The van der Waals surface area contributed by atoms with Gasteiger partial charge in [0, 0.05) is 18.0 Å². The molecule has 2 rings (SSSR count). The maximum Gasteiger partial charge on any atom is 0.331 e. The first kappa shape index (κ1) is 16.0. The largest absolute Gasteiger partial charge is 0.434 e. The SMILES string of the molecule is CC#CC(=O)Nc1ccc(Oc2ncc(C)cc2[N+](=O)[O-])cc1. The average Bonchev–Trinajstić information content (AvgIpc) is 2.51. The first-order valence-corrected chi connectivity index (χ1v) is 6.62. The predicted octanol–water partition coefficient (Wildman–Crippen LogP) is 3.05. The summed E-state index contributed by atoms with van der Waals surface area (Å²) in [5.41, 5.74) is 0.996. The second-order valence-electron chi connectivity index (χ2n) is 4.55. The van der Waals surface area contributed by atoms with Gasteiger partial charge in [-0.05, 0) is 49.6 Å². The quantitative estimate of drug-likeness (QED) is 0.532. The lowest BCUT2D eigenvalue weighted by molar-refractivity contribution is -0.386. The van der Waals surface area contributed by atoms with Crippen LogP contribution in [-0.4, -0.2) is 15.8 Å². The fraction of sp³-hybridized carbons (Fsp3) is 0.125. The predicted molar refractivity (Wildman–Crippen MR) is 84.2 cm³/mol. The molecule has 0 atom stereocenters. The highest BCUT2D eigenvalue weighted by Crippen LogP contribution is 2.30. The Bertz CT molecular complexity index is 804. The third kappa shape index (κ3) is 4.28. The Morgan fingerprint density at radius 3 is 2.65 bits per heavy atom. The molecule has 0 unspecified atom stereocenters. The molecule has 1 heterocycles. The molecule has 0 aliphatic rings. The summed E-state index contributed by atoms with van der Waals surface area (Å²) in [5, 5.41) is 13.6. The van der Waals surface area contributed by atoms with Gasteiger partial charge in [0.25, 0.3) is 11.8 Å². The first-order chi connectivity index (χ1) is 11.0. The van der Waals surface area contributed by atoms with E-state index in [1.165, 1.54) is 12.3 Å². The minimum absolute atomic E-state index is 0.0887. The molecule has 0 fully saturated rings. The van der Waals surface area contributed by atoms with E-state index in [1.54, 1.807) is 38.1 Å². The summed E-state index contributed by atoms with van der Waals surface area (Å²) in [6.45, 7) is 3.28. The van der Waals surface area contributed by atoms with Crippen LogP contribution in [0.1, 0.15) is 12.5 Å². The Kier molecular flexibility index (Phi) is 4.89. The van der Waals surface area contributed by atoms with E-state index in [0.717, 1.165) is 0 Å². The van der Waals surface area contributed by atoms with Crippen LogP contribution < -0.4 is 10.1 Å². The Balaban J connectivity index is 2.16. The van der Waals surface area contributed by atoms with Gasteiger partial charge in [-0.15, -0.1) is 0 Å². The van der Waals surface area contributed by atoms with Crippen molar-refractivity contribution in [2.45, 2.75) is 13.8 Å². The second-order valence-corrected chi connectivity index (χ2v) is 4.55. The summed E-state index contributed by atoms with van der Waals surface area (Å²) in [5.74, 6) is 4.71. The molecule has 7 heteroatoms. The van der Waals surface area contributed by atoms with E-state index in [1.807, 2.05) is 0 Å². The number of aromatic nitrogens is 1. The van der Waals surface area contributed by atoms with Gasteiger partial charge in [-0.25, -0.2) is 4.98 Å². The molecule has 0 radical (unpaired) electrons. The number of hydrogen-bond acceptors (Lipinski definition) is 5. The van der Waals surface area contributed by atoms with E-state index in [-0.39, 0.29) is 11.6 Å². The third-order valence-corrected chi connectivity index (χ3v) is 2.73. The van der Waals surface area contributed by atoms with Gasteiger partial charge in [0.1, 0.15) is 5.75 Å². The summed E-state index contributed by atoms with van der Waals surface area (Å²) < 4.78 is 5.44. The van der Waals surface area contributed by atoms with Crippen LogP contribution in [0.2, 0.25) is 0 Å². The number of nitro groups is 1. The lowest BCUT2D eigenvalue weighted by atomic mass is 10.3. The van der Waals surface area contributed by atoms with Crippen molar-refractivity contribution in [3.8, 4) is 23.5 Å².